The van der Waals surface area contributed by atoms with Crippen molar-refractivity contribution in [1.82, 2.24) is 10.1 Å². The summed E-state index contributed by atoms with van der Waals surface area (Å²) in [4.78, 5) is 4.17. The molecule has 0 fully saturated rings. The van der Waals surface area contributed by atoms with Crippen LogP contribution < -0.4 is 0 Å². The Bertz CT molecular complexity index is 224. The summed E-state index contributed by atoms with van der Waals surface area (Å²) in [5.74, 6) is 1.83. The standard InChI is InChI=1S/C7H11BrN2O/c1-3-5(2)7-9-6(4-8)10-11-7/h5H,3-4H2,1-2H3. The Labute approximate surface area is 74.3 Å². The van der Waals surface area contributed by atoms with Gasteiger partial charge in [-0.3, -0.25) is 0 Å². The highest BCUT2D eigenvalue weighted by molar-refractivity contribution is 9.08. The van der Waals surface area contributed by atoms with Gasteiger partial charge >= 0.3 is 0 Å². The van der Waals surface area contributed by atoms with Crippen molar-refractivity contribution in [3.63, 3.8) is 0 Å². The summed E-state index contributed by atoms with van der Waals surface area (Å²) in [5.41, 5.74) is 0. The van der Waals surface area contributed by atoms with Crippen molar-refractivity contribution < 1.29 is 4.52 Å². The van der Waals surface area contributed by atoms with Crippen LogP contribution in [0.5, 0.6) is 0 Å². The van der Waals surface area contributed by atoms with Gasteiger partial charge in [0.05, 0.1) is 5.33 Å². The molecule has 1 heterocycles. The first-order chi connectivity index (χ1) is 5.27. The number of rotatable bonds is 3. The molecule has 0 aliphatic heterocycles. The van der Waals surface area contributed by atoms with Crippen LogP contribution in [-0.4, -0.2) is 10.1 Å². The molecule has 0 radical (unpaired) electrons. The molecule has 62 valence electrons. The third-order valence-electron chi connectivity index (χ3n) is 1.64. The normalized spacial score (nSPS) is 13.4. The highest BCUT2D eigenvalue weighted by atomic mass is 79.9. The lowest BCUT2D eigenvalue weighted by molar-refractivity contribution is 0.353. The molecule has 0 saturated carbocycles. The fourth-order valence-corrected chi connectivity index (χ4v) is 0.924. The van der Waals surface area contributed by atoms with Gasteiger partial charge < -0.3 is 4.52 Å². The second kappa shape index (κ2) is 3.85. The van der Waals surface area contributed by atoms with Crippen LogP contribution in [0.25, 0.3) is 0 Å². The molecule has 0 saturated heterocycles. The first-order valence-corrected chi connectivity index (χ1v) is 4.78. The molecule has 0 aliphatic carbocycles. The summed E-state index contributed by atoms with van der Waals surface area (Å²) in [5, 5.41) is 4.43. The second-order valence-electron chi connectivity index (χ2n) is 2.49. The highest BCUT2D eigenvalue weighted by Gasteiger charge is 2.10. The maximum Gasteiger partial charge on any atom is 0.229 e. The fourth-order valence-electron chi connectivity index (χ4n) is 0.697. The zero-order chi connectivity index (χ0) is 8.27. The molecule has 0 bridgehead atoms. The topological polar surface area (TPSA) is 38.9 Å². The van der Waals surface area contributed by atoms with Crippen LogP contribution in [0.2, 0.25) is 0 Å². The third-order valence-corrected chi connectivity index (χ3v) is 2.14. The molecule has 0 aliphatic rings. The van der Waals surface area contributed by atoms with Crippen molar-refractivity contribution in [3.8, 4) is 0 Å². The number of nitrogens with zero attached hydrogens (tertiary/aromatic N) is 2. The molecule has 1 aromatic rings. The Morgan fingerprint density at radius 2 is 2.36 bits per heavy atom. The summed E-state index contributed by atoms with van der Waals surface area (Å²) in [6, 6.07) is 0. The van der Waals surface area contributed by atoms with Crippen LogP contribution >= 0.6 is 15.9 Å². The van der Waals surface area contributed by atoms with E-state index >= 15 is 0 Å². The van der Waals surface area contributed by atoms with E-state index in [1.807, 2.05) is 0 Å². The van der Waals surface area contributed by atoms with Crippen LogP contribution in [0.1, 0.15) is 37.9 Å². The van der Waals surface area contributed by atoms with E-state index in [1.54, 1.807) is 0 Å². The summed E-state index contributed by atoms with van der Waals surface area (Å²) in [6.45, 7) is 4.17. The van der Waals surface area contributed by atoms with Gasteiger partial charge in [0, 0.05) is 5.92 Å². The van der Waals surface area contributed by atoms with Crippen LogP contribution in [0, 0.1) is 0 Å². The van der Waals surface area contributed by atoms with E-state index in [-0.39, 0.29) is 0 Å². The third kappa shape index (κ3) is 2.02. The average molecular weight is 219 g/mol. The predicted octanol–water partition coefficient (Wildman–Crippen LogP) is 2.48. The lowest BCUT2D eigenvalue weighted by Gasteiger charge is -1.98. The van der Waals surface area contributed by atoms with Gasteiger partial charge in [0.2, 0.25) is 5.89 Å². The molecule has 0 aromatic carbocycles. The Morgan fingerprint density at radius 1 is 1.64 bits per heavy atom. The van der Waals surface area contributed by atoms with Gasteiger partial charge in [-0.1, -0.05) is 34.9 Å². The summed E-state index contributed by atoms with van der Waals surface area (Å²) < 4.78 is 5.02. The van der Waals surface area contributed by atoms with Crippen molar-refractivity contribution >= 4 is 15.9 Å². The van der Waals surface area contributed by atoms with Crippen molar-refractivity contribution in [2.45, 2.75) is 31.5 Å². The summed E-state index contributed by atoms with van der Waals surface area (Å²) in [7, 11) is 0. The van der Waals surface area contributed by atoms with E-state index in [4.69, 9.17) is 4.52 Å². The van der Waals surface area contributed by atoms with E-state index < -0.39 is 0 Å². The Morgan fingerprint density at radius 3 is 2.82 bits per heavy atom. The van der Waals surface area contributed by atoms with Crippen LogP contribution in [0.4, 0.5) is 0 Å². The Hall–Kier alpha value is -0.380. The minimum absolute atomic E-state index is 0.371. The van der Waals surface area contributed by atoms with Gasteiger partial charge in [-0.05, 0) is 6.42 Å². The smallest absolute Gasteiger partial charge is 0.229 e. The molecule has 3 nitrogen and oxygen atoms in total. The van der Waals surface area contributed by atoms with E-state index in [0.717, 1.165) is 18.1 Å². The van der Waals surface area contributed by atoms with E-state index in [0.29, 0.717) is 11.2 Å². The molecule has 0 amide bonds. The van der Waals surface area contributed by atoms with Crippen molar-refractivity contribution in [2.24, 2.45) is 0 Å². The maximum absolute atomic E-state index is 5.02. The van der Waals surface area contributed by atoms with Gasteiger partial charge in [-0.15, -0.1) is 0 Å². The van der Waals surface area contributed by atoms with Gasteiger partial charge in [0.15, 0.2) is 5.82 Å². The van der Waals surface area contributed by atoms with Crippen molar-refractivity contribution in [3.05, 3.63) is 11.7 Å². The fraction of sp³-hybridized carbons (Fsp3) is 0.714. The van der Waals surface area contributed by atoms with Crippen LogP contribution in [0.3, 0.4) is 0 Å². The first kappa shape index (κ1) is 8.71. The number of alkyl halides is 1. The molecule has 0 spiro atoms. The van der Waals surface area contributed by atoms with Gasteiger partial charge in [0.25, 0.3) is 0 Å². The number of hydrogen-bond donors (Lipinski definition) is 0. The molecule has 4 heteroatoms. The van der Waals surface area contributed by atoms with E-state index in [2.05, 4.69) is 39.9 Å². The van der Waals surface area contributed by atoms with Crippen molar-refractivity contribution in [1.29, 1.82) is 0 Å². The largest absolute Gasteiger partial charge is 0.339 e. The molecule has 1 unspecified atom stereocenters. The zero-order valence-electron chi connectivity index (χ0n) is 6.67. The van der Waals surface area contributed by atoms with Gasteiger partial charge in [-0.25, -0.2) is 0 Å². The average Bonchev–Trinajstić information content (AvgIpc) is 2.50. The monoisotopic (exact) mass is 218 g/mol. The lowest BCUT2D eigenvalue weighted by atomic mass is 10.1. The number of aromatic nitrogens is 2. The zero-order valence-corrected chi connectivity index (χ0v) is 8.26. The second-order valence-corrected chi connectivity index (χ2v) is 3.05. The molecule has 1 aromatic heterocycles. The number of halogens is 1. The highest BCUT2D eigenvalue weighted by Crippen LogP contribution is 2.16. The SMILES string of the molecule is CCC(C)c1nc(CBr)no1. The minimum Gasteiger partial charge on any atom is -0.339 e. The van der Waals surface area contributed by atoms with Crippen LogP contribution in [0.15, 0.2) is 4.52 Å². The molecular weight excluding hydrogens is 208 g/mol. The van der Waals surface area contributed by atoms with Crippen LogP contribution in [-0.2, 0) is 5.33 Å². The van der Waals surface area contributed by atoms with Gasteiger partial charge in [0.1, 0.15) is 0 Å². The first-order valence-electron chi connectivity index (χ1n) is 3.66. The molecule has 11 heavy (non-hydrogen) atoms. The van der Waals surface area contributed by atoms with Gasteiger partial charge in [-0.2, -0.15) is 4.98 Å². The molecular formula is C7H11BrN2O. The molecule has 1 atom stereocenters. The summed E-state index contributed by atoms with van der Waals surface area (Å²) >= 11 is 3.26. The molecule has 0 N–H and O–H groups in total. The van der Waals surface area contributed by atoms with E-state index in [1.165, 1.54) is 0 Å². The summed E-state index contributed by atoms with van der Waals surface area (Å²) in [6.07, 6.45) is 1.03. The lowest BCUT2D eigenvalue weighted by Crippen LogP contribution is -1.91. The predicted molar refractivity (Wildman–Crippen MR) is 45.6 cm³/mol. The Balaban J connectivity index is 2.71. The maximum atomic E-state index is 5.02. The Kier molecular flexibility index (Phi) is 3.05. The minimum atomic E-state index is 0.371. The van der Waals surface area contributed by atoms with Crippen molar-refractivity contribution in [2.75, 3.05) is 0 Å². The molecule has 1 rings (SSSR count). The quantitative estimate of drug-likeness (QED) is 0.733. The van der Waals surface area contributed by atoms with E-state index in [9.17, 15) is 0 Å². The number of hydrogen-bond acceptors (Lipinski definition) is 3.